The molecule has 1 aromatic carbocycles. The number of aromatic hydroxyl groups is 1. The number of ether oxygens (including phenoxy) is 1. The maximum atomic E-state index is 11.5. The first kappa shape index (κ1) is 11.8. The Bertz CT molecular complexity index is 355. The number of hydrogen-bond donors (Lipinski definition) is 2. The van der Waals surface area contributed by atoms with Crippen LogP contribution in [0.5, 0.6) is 5.75 Å². The van der Waals surface area contributed by atoms with Crippen LogP contribution in [0.4, 0.5) is 0 Å². The van der Waals surface area contributed by atoms with E-state index in [0.717, 1.165) is 0 Å². The zero-order chi connectivity index (χ0) is 11.3. The van der Waals surface area contributed by atoms with E-state index in [4.69, 9.17) is 21.4 Å². The third-order valence-electron chi connectivity index (χ3n) is 1.80. The fraction of sp³-hybridized carbons (Fsp3) is 0.300. The van der Waals surface area contributed by atoms with Crippen LogP contribution >= 0.6 is 11.6 Å². The fourth-order valence-electron chi connectivity index (χ4n) is 1.02. The Balaban J connectivity index is 2.62. The van der Waals surface area contributed by atoms with Crippen LogP contribution in [0.1, 0.15) is 10.4 Å². The lowest BCUT2D eigenvalue weighted by molar-refractivity contribution is 0.0937. The molecule has 0 unspecified atom stereocenters. The van der Waals surface area contributed by atoms with E-state index in [0.29, 0.717) is 18.7 Å². The number of methoxy groups -OCH3 is 1. The molecule has 2 N–H and O–H groups in total. The van der Waals surface area contributed by atoms with E-state index >= 15 is 0 Å². The summed E-state index contributed by atoms with van der Waals surface area (Å²) >= 11 is 5.66. The standard InChI is InChI=1S/C10H12ClNO3/c1-15-5-4-12-10(14)7-2-3-9(13)8(11)6-7/h2-3,6,13H,4-5H2,1H3,(H,12,14). The summed E-state index contributed by atoms with van der Waals surface area (Å²) in [5.41, 5.74) is 0.411. The van der Waals surface area contributed by atoms with Gasteiger partial charge in [0.2, 0.25) is 0 Å². The van der Waals surface area contributed by atoms with Gasteiger partial charge in [-0.1, -0.05) is 11.6 Å². The van der Waals surface area contributed by atoms with Crippen molar-refractivity contribution >= 4 is 17.5 Å². The SMILES string of the molecule is COCCNC(=O)c1ccc(O)c(Cl)c1. The number of phenolic OH excluding ortho intramolecular Hbond substituents is 1. The number of rotatable bonds is 4. The molecule has 0 radical (unpaired) electrons. The molecule has 0 saturated heterocycles. The molecule has 0 heterocycles. The lowest BCUT2D eigenvalue weighted by Crippen LogP contribution is -2.26. The van der Waals surface area contributed by atoms with Crippen molar-refractivity contribution in [2.75, 3.05) is 20.3 Å². The maximum absolute atomic E-state index is 11.5. The van der Waals surface area contributed by atoms with E-state index in [-0.39, 0.29) is 16.7 Å². The molecule has 1 amide bonds. The Morgan fingerprint density at radius 1 is 1.60 bits per heavy atom. The van der Waals surface area contributed by atoms with E-state index in [1.165, 1.54) is 18.2 Å². The van der Waals surface area contributed by atoms with Gasteiger partial charge in [-0.15, -0.1) is 0 Å². The highest BCUT2D eigenvalue weighted by molar-refractivity contribution is 6.32. The smallest absolute Gasteiger partial charge is 0.251 e. The molecule has 0 aromatic heterocycles. The van der Waals surface area contributed by atoms with Crippen molar-refractivity contribution in [3.05, 3.63) is 28.8 Å². The molecule has 0 aliphatic carbocycles. The highest BCUT2D eigenvalue weighted by atomic mass is 35.5. The van der Waals surface area contributed by atoms with E-state index < -0.39 is 0 Å². The Kier molecular flexibility index (Phi) is 4.39. The second kappa shape index (κ2) is 5.58. The number of hydrogen-bond acceptors (Lipinski definition) is 3. The lowest BCUT2D eigenvalue weighted by Gasteiger charge is -2.05. The predicted molar refractivity (Wildman–Crippen MR) is 57.3 cm³/mol. The van der Waals surface area contributed by atoms with E-state index in [9.17, 15) is 4.79 Å². The second-order valence-electron chi connectivity index (χ2n) is 2.91. The van der Waals surface area contributed by atoms with Crippen LogP contribution in [0.25, 0.3) is 0 Å². The summed E-state index contributed by atoms with van der Waals surface area (Å²) in [6.45, 7) is 0.894. The largest absolute Gasteiger partial charge is 0.506 e. The number of carbonyl (C=O) groups is 1. The van der Waals surface area contributed by atoms with Gasteiger partial charge in [-0.3, -0.25) is 4.79 Å². The van der Waals surface area contributed by atoms with Crippen LogP contribution in [-0.4, -0.2) is 31.3 Å². The van der Waals surface area contributed by atoms with Crippen molar-refractivity contribution in [2.45, 2.75) is 0 Å². The summed E-state index contributed by atoms with van der Waals surface area (Å²) in [6.07, 6.45) is 0. The van der Waals surface area contributed by atoms with Crippen LogP contribution < -0.4 is 5.32 Å². The van der Waals surface area contributed by atoms with Crippen molar-refractivity contribution < 1.29 is 14.6 Å². The molecule has 0 fully saturated rings. The van der Waals surface area contributed by atoms with Gasteiger partial charge in [-0.05, 0) is 18.2 Å². The molecular weight excluding hydrogens is 218 g/mol. The molecule has 82 valence electrons. The van der Waals surface area contributed by atoms with Crippen molar-refractivity contribution in [3.63, 3.8) is 0 Å². The summed E-state index contributed by atoms with van der Waals surface area (Å²) in [6, 6.07) is 4.30. The van der Waals surface area contributed by atoms with Gasteiger partial charge in [0.05, 0.1) is 11.6 Å². The number of halogens is 1. The fourth-order valence-corrected chi connectivity index (χ4v) is 1.20. The number of carbonyl (C=O) groups excluding carboxylic acids is 1. The topological polar surface area (TPSA) is 58.6 Å². The van der Waals surface area contributed by atoms with Crippen molar-refractivity contribution in [1.82, 2.24) is 5.32 Å². The highest BCUT2D eigenvalue weighted by Gasteiger charge is 2.07. The average molecular weight is 230 g/mol. The van der Waals surface area contributed by atoms with Crippen LogP contribution in [-0.2, 0) is 4.74 Å². The van der Waals surface area contributed by atoms with Crippen LogP contribution in [0.2, 0.25) is 5.02 Å². The number of phenols is 1. The van der Waals surface area contributed by atoms with E-state index in [2.05, 4.69) is 5.32 Å². The molecular formula is C10H12ClNO3. The number of nitrogens with one attached hydrogen (secondary N) is 1. The van der Waals surface area contributed by atoms with Crippen LogP contribution in [0, 0.1) is 0 Å². The summed E-state index contributed by atoms with van der Waals surface area (Å²) in [4.78, 5) is 11.5. The quantitative estimate of drug-likeness (QED) is 0.768. The zero-order valence-electron chi connectivity index (χ0n) is 8.29. The molecule has 5 heteroatoms. The van der Waals surface area contributed by atoms with Gasteiger partial charge in [-0.2, -0.15) is 0 Å². The average Bonchev–Trinajstić information content (AvgIpc) is 2.22. The summed E-state index contributed by atoms with van der Waals surface area (Å²) in [7, 11) is 1.56. The highest BCUT2D eigenvalue weighted by Crippen LogP contribution is 2.23. The minimum absolute atomic E-state index is 0.0369. The molecule has 0 saturated carbocycles. The molecule has 0 aliphatic rings. The third kappa shape index (κ3) is 3.42. The van der Waals surface area contributed by atoms with Crippen molar-refractivity contribution in [2.24, 2.45) is 0 Å². The Morgan fingerprint density at radius 3 is 2.93 bits per heavy atom. The van der Waals surface area contributed by atoms with Gasteiger partial charge in [0, 0.05) is 19.2 Å². The minimum Gasteiger partial charge on any atom is -0.506 e. The van der Waals surface area contributed by atoms with E-state index in [1.807, 2.05) is 0 Å². The molecule has 0 aliphatic heterocycles. The number of benzene rings is 1. The van der Waals surface area contributed by atoms with Gasteiger partial charge < -0.3 is 15.2 Å². The van der Waals surface area contributed by atoms with Gasteiger partial charge in [0.25, 0.3) is 5.91 Å². The third-order valence-corrected chi connectivity index (χ3v) is 2.10. The van der Waals surface area contributed by atoms with Gasteiger partial charge in [0.1, 0.15) is 5.75 Å². The Hall–Kier alpha value is -1.26. The molecule has 0 bridgehead atoms. The monoisotopic (exact) mass is 229 g/mol. The predicted octanol–water partition coefficient (Wildman–Crippen LogP) is 1.42. The van der Waals surface area contributed by atoms with Gasteiger partial charge in [-0.25, -0.2) is 0 Å². The van der Waals surface area contributed by atoms with E-state index in [1.54, 1.807) is 7.11 Å². The number of amides is 1. The molecule has 0 spiro atoms. The first-order chi connectivity index (χ1) is 7.15. The first-order valence-electron chi connectivity index (χ1n) is 4.41. The Labute approximate surface area is 92.8 Å². The van der Waals surface area contributed by atoms with Gasteiger partial charge >= 0.3 is 0 Å². The summed E-state index contributed by atoms with van der Waals surface area (Å²) in [5, 5.41) is 12.0. The molecule has 1 aromatic rings. The normalized spacial score (nSPS) is 10.0. The van der Waals surface area contributed by atoms with Crippen molar-refractivity contribution in [3.8, 4) is 5.75 Å². The minimum atomic E-state index is -0.242. The van der Waals surface area contributed by atoms with Crippen LogP contribution in [0.3, 0.4) is 0 Å². The maximum Gasteiger partial charge on any atom is 0.251 e. The molecule has 0 atom stereocenters. The lowest BCUT2D eigenvalue weighted by atomic mass is 10.2. The Morgan fingerprint density at radius 2 is 2.33 bits per heavy atom. The summed E-state index contributed by atoms with van der Waals surface area (Å²) in [5.74, 6) is -0.279. The van der Waals surface area contributed by atoms with Crippen molar-refractivity contribution in [1.29, 1.82) is 0 Å². The molecule has 15 heavy (non-hydrogen) atoms. The zero-order valence-corrected chi connectivity index (χ0v) is 9.04. The first-order valence-corrected chi connectivity index (χ1v) is 4.78. The summed E-state index contributed by atoms with van der Waals surface area (Å²) < 4.78 is 4.79. The van der Waals surface area contributed by atoms with Crippen LogP contribution in [0.15, 0.2) is 18.2 Å². The second-order valence-corrected chi connectivity index (χ2v) is 3.32. The molecule has 4 nitrogen and oxygen atoms in total. The molecule has 1 rings (SSSR count). The van der Waals surface area contributed by atoms with Gasteiger partial charge in [0.15, 0.2) is 0 Å².